The molecular formula is C22H22F3N3O4S. The first-order chi connectivity index (χ1) is 15.5. The minimum atomic E-state index is -5.19. The molecule has 1 unspecified atom stereocenters. The summed E-state index contributed by atoms with van der Waals surface area (Å²) in [5.74, 6) is -1.25. The molecule has 1 amide bonds. The summed E-state index contributed by atoms with van der Waals surface area (Å²) in [5.41, 5.74) is -3.66. The monoisotopic (exact) mass is 481 g/mol. The molecule has 0 radical (unpaired) electrons. The van der Waals surface area contributed by atoms with Crippen molar-refractivity contribution in [3.8, 4) is 0 Å². The van der Waals surface area contributed by atoms with Gasteiger partial charge in [0.2, 0.25) is 10.0 Å². The number of hydrogen-bond donors (Lipinski definition) is 1. The lowest BCUT2D eigenvalue weighted by Crippen LogP contribution is -2.56. The zero-order chi connectivity index (χ0) is 23.9. The van der Waals surface area contributed by atoms with E-state index in [0.717, 1.165) is 12.5 Å². The third-order valence-electron chi connectivity index (χ3n) is 5.77. The molecule has 2 aliphatic heterocycles. The van der Waals surface area contributed by atoms with Gasteiger partial charge in [-0.2, -0.15) is 27.6 Å². The molecule has 2 aromatic rings. The third-order valence-corrected chi connectivity index (χ3v) is 7.67. The number of amides is 1. The highest BCUT2D eigenvalue weighted by molar-refractivity contribution is 7.89. The lowest BCUT2D eigenvalue weighted by atomic mass is 10.0. The second-order valence-electron chi connectivity index (χ2n) is 8.01. The summed E-state index contributed by atoms with van der Waals surface area (Å²) in [6, 6.07) is 12.7. The fourth-order valence-electron chi connectivity index (χ4n) is 3.94. The molecule has 2 heterocycles. The first-order valence-corrected chi connectivity index (χ1v) is 11.8. The predicted molar refractivity (Wildman–Crippen MR) is 114 cm³/mol. The van der Waals surface area contributed by atoms with Crippen molar-refractivity contribution in [2.45, 2.75) is 42.5 Å². The molecule has 1 fully saturated rings. The number of alkyl halides is 3. The Morgan fingerprint density at radius 3 is 2.30 bits per heavy atom. The van der Waals surface area contributed by atoms with Gasteiger partial charge in [0.25, 0.3) is 11.6 Å². The standard InChI is InChI=1S/C22H22F3N3O4S/c23-22(24,25)21(30)15-19(16-8-3-1-4-9-16)26-28(21)20(29)17-10-7-11-18(14-17)33(31,32)27-12-5-2-6-13-27/h1,3-4,7-11,14,30H,2,5-6,12-13,15H2. The highest BCUT2D eigenvalue weighted by Gasteiger charge is 2.63. The molecule has 0 saturated carbocycles. The number of aliphatic hydroxyl groups is 1. The molecule has 1 saturated heterocycles. The van der Waals surface area contributed by atoms with E-state index in [1.165, 1.54) is 34.6 Å². The van der Waals surface area contributed by atoms with Crippen LogP contribution in [0.3, 0.4) is 0 Å². The van der Waals surface area contributed by atoms with Crippen LogP contribution in [0.4, 0.5) is 13.2 Å². The Kier molecular flexibility index (Phi) is 6.06. The van der Waals surface area contributed by atoms with Crippen LogP contribution < -0.4 is 0 Å². The van der Waals surface area contributed by atoms with E-state index >= 15 is 0 Å². The number of halogens is 3. The van der Waals surface area contributed by atoms with Gasteiger partial charge >= 0.3 is 6.18 Å². The zero-order valence-electron chi connectivity index (χ0n) is 17.5. The average Bonchev–Trinajstić information content (AvgIpc) is 3.19. The number of rotatable bonds is 4. The highest BCUT2D eigenvalue weighted by Crippen LogP contribution is 2.42. The Bertz CT molecular complexity index is 1180. The molecule has 2 aliphatic rings. The summed E-state index contributed by atoms with van der Waals surface area (Å²) < 4.78 is 68.8. The zero-order valence-corrected chi connectivity index (χ0v) is 18.3. The van der Waals surface area contributed by atoms with Crippen molar-refractivity contribution in [2.75, 3.05) is 13.1 Å². The molecule has 0 bridgehead atoms. The van der Waals surface area contributed by atoms with E-state index in [1.807, 2.05) is 0 Å². The molecule has 2 aromatic carbocycles. The molecule has 0 spiro atoms. The number of hydrogen-bond acceptors (Lipinski definition) is 5. The Labute approximate surface area is 189 Å². The van der Waals surface area contributed by atoms with Crippen LogP contribution in [0, 0.1) is 0 Å². The Hall–Kier alpha value is -2.76. The van der Waals surface area contributed by atoms with Crippen molar-refractivity contribution in [1.29, 1.82) is 0 Å². The molecule has 1 N–H and O–H groups in total. The smallest absolute Gasteiger partial charge is 0.362 e. The fraction of sp³-hybridized carbons (Fsp3) is 0.364. The Morgan fingerprint density at radius 2 is 1.67 bits per heavy atom. The summed E-state index contributed by atoms with van der Waals surface area (Å²) in [4.78, 5) is 12.9. The Balaban J connectivity index is 1.71. The second-order valence-corrected chi connectivity index (χ2v) is 9.95. The van der Waals surface area contributed by atoms with E-state index in [2.05, 4.69) is 5.10 Å². The fourth-order valence-corrected chi connectivity index (χ4v) is 5.50. The molecule has 0 aliphatic carbocycles. The van der Waals surface area contributed by atoms with Crippen molar-refractivity contribution in [2.24, 2.45) is 5.10 Å². The predicted octanol–water partition coefficient (Wildman–Crippen LogP) is 3.36. The summed E-state index contributed by atoms with van der Waals surface area (Å²) in [7, 11) is -3.91. The van der Waals surface area contributed by atoms with Crippen molar-refractivity contribution >= 4 is 21.6 Å². The summed E-state index contributed by atoms with van der Waals surface area (Å²) in [6.07, 6.45) is -3.81. The van der Waals surface area contributed by atoms with E-state index in [0.29, 0.717) is 31.5 Å². The molecule has 33 heavy (non-hydrogen) atoms. The number of carbonyl (C=O) groups excluding carboxylic acids is 1. The summed E-state index contributed by atoms with van der Waals surface area (Å²) in [6.45, 7) is 0.677. The van der Waals surface area contributed by atoms with Crippen molar-refractivity contribution in [3.05, 3.63) is 65.7 Å². The minimum absolute atomic E-state index is 0.00194. The van der Waals surface area contributed by atoms with Crippen molar-refractivity contribution in [3.63, 3.8) is 0 Å². The van der Waals surface area contributed by atoms with Gasteiger partial charge in [0.05, 0.1) is 17.0 Å². The summed E-state index contributed by atoms with van der Waals surface area (Å²) >= 11 is 0. The molecule has 1 atom stereocenters. The molecule has 0 aromatic heterocycles. The number of hydrazone groups is 1. The van der Waals surface area contributed by atoms with Gasteiger partial charge in [-0.25, -0.2) is 8.42 Å². The van der Waals surface area contributed by atoms with Gasteiger partial charge in [-0.1, -0.05) is 42.8 Å². The number of carbonyl (C=O) groups is 1. The van der Waals surface area contributed by atoms with Crippen LogP contribution in [0.5, 0.6) is 0 Å². The van der Waals surface area contributed by atoms with Gasteiger partial charge in [-0.05, 0) is 36.6 Å². The van der Waals surface area contributed by atoms with Gasteiger partial charge < -0.3 is 5.11 Å². The van der Waals surface area contributed by atoms with Gasteiger partial charge in [0.15, 0.2) is 0 Å². The maximum absolute atomic E-state index is 13.9. The van der Waals surface area contributed by atoms with Crippen LogP contribution in [0.25, 0.3) is 0 Å². The molecular weight excluding hydrogens is 459 g/mol. The number of piperidine rings is 1. The maximum atomic E-state index is 13.9. The van der Waals surface area contributed by atoms with Crippen LogP contribution in [-0.2, 0) is 10.0 Å². The van der Waals surface area contributed by atoms with Gasteiger partial charge in [-0.15, -0.1) is 0 Å². The largest absolute Gasteiger partial charge is 0.438 e. The normalized spacial score (nSPS) is 22.3. The van der Waals surface area contributed by atoms with Gasteiger partial charge in [0, 0.05) is 18.7 Å². The second kappa shape index (κ2) is 8.54. The molecule has 176 valence electrons. The van der Waals surface area contributed by atoms with E-state index in [1.54, 1.807) is 18.2 Å². The van der Waals surface area contributed by atoms with E-state index in [9.17, 15) is 31.5 Å². The van der Waals surface area contributed by atoms with Crippen molar-refractivity contribution in [1.82, 2.24) is 9.31 Å². The van der Waals surface area contributed by atoms with Crippen LogP contribution >= 0.6 is 0 Å². The lowest BCUT2D eigenvalue weighted by Gasteiger charge is -2.32. The lowest BCUT2D eigenvalue weighted by molar-refractivity contribution is -0.297. The van der Waals surface area contributed by atoms with E-state index in [-0.39, 0.29) is 21.2 Å². The first-order valence-electron chi connectivity index (χ1n) is 10.4. The van der Waals surface area contributed by atoms with Crippen LogP contribution in [0.15, 0.2) is 64.6 Å². The minimum Gasteiger partial charge on any atom is -0.362 e. The van der Waals surface area contributed by atoms with Crippen LogP contribution in [0.2, 0.25) is 0 Å². The molecule has 4 rings (SSSR count). The average molecular weight is 481 g/mol. The van der Waals surface area contributed by atoms with Crippen LogP contribution in [-0.4, -0.2) is 59.4 Å². The van der Waals surface area contributed by atoms with E-state index in [4.69, 9.17) is 0 Å². The third kappa shape index (κ3) is 4.28. The highest BCUT2D eigenvalue weighted by atomic mass is 32.2. The molecule has 11 heteroatoms. The SMILES string of the molecule is O=C(c1cccc(S(=O)(=O)N2CCCCC2)c1)N1N=C(c2ccccc2)CC1(O)C(F)(F)F. The number of benzene rings is 2. The molecule has 7 nitrogen and oxygen atoms in total. The topological polar surface area (TPSA) is 90.3 Å². The number of nitrogens with zero attached hydrogens (tertiary/aromatic N) is 3. The van der Waals surface area contributed by atoms with Crippen LogP contribution in [0.1, 0.15) is 41.6 Å². The first kappa shape index (κ1) is 23.4. The quantitative estimate of drug-likeness (QED) is 0.725. The maximum Gasteiger partial charge on any atom is 0.438 e. The van der Waals surface area contributed by atoms with Gasteiger partial charge in [-0.3, -0.25) is 4.79 Å². The Morgan fingerprint density at radius 1 is 1.00 bits per heavy atom. The van der Waals surface area contributed by atoms with Gasteiger partial charge in [0.1, 0.15) is 0 Å². The van der Waals surface area contributed by atoms with E-state index < -0.39 is 34.3 Å². The summed E-state index contributed by atoms with van der Waals surface area (Å²) in [5, 5.41) is 14.3. The number of sulfonamides is 1. The van der Waals surface area contributed by atoms with Crippen molar-refractivity contribution < 1.29 is 31.5 Å².